The van der Waals surface area contributed by atoms with E-state index < -0.39 is 6.10 Å². The van der Waals surface area contributed by atoms with Crippen molar-refractivity contribution in [3.8, 4) is 5.75 Å². The highest BCUT2D eigenvalue weighted by atomic mass is 35.5. The molecule has 2 atom stereocenters. The lowest BCUT2D eigenvalue weighted by molar-refractivity contribution is -0.164. The molecule has 1 aliphatic rings. The fraction of sp³-hybridized carbons (Fsp3) is 0.172. The minimum atomic E-state index is -0.603. The van der Waals surface area contributed by atoms with Crippen molar-refractivity contribution in [2.24, 2.45) is 0 Å². The number of amides is 1. The molecule has 1 saturated heterocycles. The highest BCUT2D eigenvalue weighted by molar-refractivity contribution is 6.30. The van der Waals surface area contributed by atoms with Gasteiger partial charge in [0.2, 0.25) is 6.10 Å². The van der Waals surface area contributed by atoms with Crippen LogP contribution in [-0.2, 0) is 17.9 Å². The number of likely N-dealkylation sites (tertiary alicyclic amines) is 1. The molecule has 0 spiro atoms. The fourth-order valence-electron chi connectivity index (χ4n) is 4.71. The van der Waals surface area contributed by atoms with Gasteiger partial charge in [-0.15, -0.1) is 0 Å². The van der Waals surface area contributed by atoms with Gasteiger partial charge in [-0.2, -0.15) is 0 Å². The van der Waals surface area contributed by atoms with Gasteiger partial charge in [0.15, 0.2) is 11.5 Å². The van der Waals surface area contributed by atoms with Gasteiger partial charge in [0.05, 0.1) is 6.33 Å². The van der Waals surface area contributed by atoms with E-state index in [0.717, 1.165) is 11.1 Å². The minimum absolute atomic E-state index is 0.0573. The summed E-state index contributed by atoms with van der Waals surface area (Å²) >= 11 is 6.12. The molecule has 38 heavy (non-hydrogen) atoms. The van der Waals surface area contributed by atoms with E-state index in [4.69, 9.17) is 16.3 Å². The molecule has 5 aromatic rings. The Labute approximate surface area is 224 Å². The summed E-state index contributed by atoms with van der Waals surface area (Å²) in [5.41, 5.74) is 3.53. The number of anilines is 1. The van der Waals surface area contributed by atoms with Gasteiger partial charge in [-0.1, -0.05) is 72.3 Å². The van der Waals surface area contributed by atoms with Crippen LogP contribution in [0.1, 0.15) is 17.2 Å². The molecule has 0 bridgehead atoms. The Morgan fingerprint density at radius 2 is 1.61 bits per heavy atom. The van der Waals surface area contributed by atoms with Crippen molar-refractivity contribution < 1.29 is 9.53 Å². The molecule has 3 aromatic carbocycles. The number of β-lactam (4-membered cyclic amide) rings is 1. The van der Waals surface area contributed by atoms with E-state index in [1.807, 2.05) is 82.3 Å². The number of ether oxygens (including phenoxy) is 1. The van der Waals surface area contributed by atoms with Crippen molar-refractivity contribution in [1.29, 1.82) is 0 Å². The summed E-state index contributed by atoms with van der Waals surface area (Å²) in [7, 11) is 0. The lowest BCUT2D eigenvalue weighted by atomic mass is 9.90. The fourth-order valence-corrected chi connectivity index (χ4v) is 4.84. The third kappa shape index (κ3) is 4.78. The Bertz CT molecular complexity index is 1540. The monoisotopic (exact) mass is 524 g/mol. The number of hydrogen-bond donors (Lipinski definition) is 1. The Kier molecular flexibility index (Phi) is 6.62. The quantitative estimate of drug-likeness (QED) is 0.269. The number of nitrogens with one attached hydrogen (secondary N) is 1. The van der Waals surface area contributed by atoms with Gasteiger partial charge in [0.25, 0.3) is 5.91 Å². The number of para-hydroxylation sites is 1. The first-order chi connectivity index (χ1) is 18.7. The number of carbonyl (C=O) groups excluding carboxylic acids is 1. The number of rotatable bonds is 9. The van der Waals surface area contributed by atoms with Crippen LogP contribution in [0.25, 0.3) is 11.2 Å². The molecule has 3 heterocycles. The first-order valence-electron chi connectivity index (χ1n) is 12.4. The molecule has 9 heteroatoms. The van der Waals surface area contributed by atoms with Crippen LogP contribution < -0.4 is 10.1 Å². The predicted octanol–water partition coefficient (Wildman–Crippen LogP) is 5.12. The molecule has 0 radical (unpaired) electrons. The zero-order chi connectivity index (χ0) is 25.9. The maximum atomic E-state index is 13.2. The van der Waals surface area contributed by atoms with Crippen LogP contribution in [0.15, 0.2) is 97.6 Å². The number of aromatic nitrogens is 4. The number of carbonyl (C=O) groups is 1. The summed E-state index contributed by atoms with van der Waals surface area (Å²) in [4.78, 5) is 28.5. The maximum absolute atomic E-state index is 13.2. The van der Waals surface area contributed by atoms with Crippen molar-refractivity contribution in [2.75, 3.05) is 11.9 Å². The average Bonchev–Trinajstić information content (AvgIpc) is 3.38. The average molecular weight is 525 g/mol. The largest absolute Gasteiger partial charge is 0.478 e. The lowest BCUT2D eigenvalue weighted by Gasteiger charge is -2.46. The van der Waals surface area contributed by atoms with Gasteiger partial charge in [-0.05, 0) is 35.4 Å². The maximum Gasteiger partial charge on any atom is 0.266 e. The summed E-state index contributed by atoms with van der Waals surface area (Å²) in [5.74, 6) is 1.28. The second-order valence-corrected chi connectivity index (χ2v) is 9.49. The van der Waals surface area contributed by atoms with E-state index in [1.54, 1.807) is 6.33 Å². The van der Waals surface area contributed by atoms with E-state index in [0.29, 0.717) is 47.4 Å². The van der Waals surface area contributed by atoms with Crippen LogP contribution in [0.3, 0.4) is 0 Å². The van der Waals surface area contributed by atoms with E-state index in [-0.39, 0.29) is 11.9 Å². The number of imidazole rings is 1. The van der Waals surface area contributed by atoms with Gasteiger partial charge < -0.3 is 19.5 Å². The van der Waals surface area contributed by atoms with Gasteiger partial charge in [0, 0.05) is 24.7 Å². The number of hydrogen-bond acceptors (Lipinski definition) is 6. The summed E-state index contributed by atoms with van der Waals surface area (Å²) in [6.45, 7) is 1.64. The molecule has 1 aliphatic heterocycles. The van der Waals surface area contributed by atoms with Gasteiger partial charge in [-0.3, -0.25) is 4.79 Å². The first kappa shape index (κ1) is 23.9. The second kappa shape index (κ2) is 10.5. The zero-order valence-corrected chi connectivity index (χ0v) is 21.2. The summed E-state index contributed by atoms with van der Waals surface area (Å²) in [6.07, 6.45) is 2.67. The molecular weight excluding hydrogens is 500 g/mol. The molecule has 1 amide bonds. The van der Waals surface area contributed by atoms with Crippen molar-refractivity contribution in [3.63, 3.8) is 0 Å². The second-order valence-electron chi connectivity index (χ2n) is 9.05. The van der Waals surface area contributed by atoms with Crippen molar-refractivity contribution in [3.05, 3.63) is 114 Å². The molecule has 2 aromatic heterocycles. The molecule has 0 unspecified atom stereocenters. The van der Waals surface area contributed by atoms with Crippen LogP contribution in [0, 0.1) is 0 Å². The van der Waals surface area contributed by atoms with Crippen LogP contribution in [0.4, 0.5) is 5.82 Å². The number of halogens is 1. The third-order valence-electron chi connectivity index (χ3n) is 6.65. The zero-order valence-electron chi connectivity index (χ0n) is 20.4. The van der Waals surface area contributed by atoms with E-state index in [2.05, 4.69) is 32.4 Å². The Morgan fingerprint density at radius 3 is 2.37 bits per heavy atom. The van der Waals surface area contributed by atoms with E-state index in [1.165, 1.54) is 6.33 Å². The van der Waals surface area contributed by atoms with Crippen molar-refractivity contribution in [1.82, 2.24) is 24.4 Å². The molecule has 0 saturated carbocycles. The number of nitrogens with zero attached hydrogens (tertiary/aromatic N) is 5. The van der Waals surface area contributed by atoms with Crippen LogP contribution >= 0.6 is 11.6 Å². The molecular formula is C29H25ClN6O2. The van der Waals surface area contributed by atoms with Gasteiger partial charge in [-0.25, -0.2) is 15.0 Å². The molecule has 190 valence electrons. The van der Waals surface area contributed by atoms with E-state index >= 15 is 0 Å². The molecule has 1 N–H and O–H groups in total. The Balaban J connectivity index is 1.19. The molecule has 8 nitrogen and oxygen atoms in total. The first-order valence-corrected chi connectivity index (χ1v) is 12.8. The van der Waals surface area contributed by atoms with Crippen LogP contribution in [0.5, 0.6) is 5.75 Å². The predicted molar refractivity (Wildman–Crippen MR) is 146 cm³/mol. The third-order valence-corrected chi connectivity index (χ3v) is 6.90. The summed E-state index contributed by atoms with van der Waals surface area (Å²) < 4.78 is 8.05. The lowest BCUT2D eigenvalue weighted by Crippen LogP contribution is -2.61. The van der Waals surface area contributed by atoms with Crippen LogP contribution in [-0.4, -0.2) is 43.0 Å². The molecule has 1 fully saturated rings. The standard InChI is InChI=1S/C29H25ClN6O2/c30-22-13-11-21(12-14-22)25-26(38-23-9-5-2-6-10-23)29(37)36(25)16-15-35-19-34-24-27(32-18-33-28(24)35)31-17-20-7-3-1-4-8-20/h1-14,18-19,25-26H,15-17H2,(H,31,32,33)/t25-,26+/m1/s1. The number of fused-ring (bicyclic) bond motifs is 1. The molecule has 6 rings (SSSR count). The van der Waals surface area contributed by atoms with Crippen LogP contribution in [0.2, 0.25) is 5.02 Å². The summed E-state index contributed by atoms with van der Waals surface area (Å²) in [6, 6.07) is 26.9. The highest BCUT2D eigenvalue weighted by Crippen LogP contribution is 2.38. The Hall–Kier alpha value is -4.43. The topological polar surface area (TPSA) is 85.2 Å². The highest BCUT2D eigenvalue weighted by Gasteiger charge is 2.49. The Morgan fingerprint density at radius 1 is 0.868 bits per heavy atom. The number of benzene rings is 3. The SMILES string of the molecule is O=C1[C@@H](Oc2ccccc2)[C@@H](c2ccc(Cl)cc2)N1CCn1cnc2c(NCc3ccccc3)ncnc21. The summed E-state index contributed by atoms with van der Waals surface area (Å²) in [5, 5.41) is 4.00. The van der Waals surface area contributed by atoms with Crippen molar-refractivity contribution in [2.45, 2.75) is 25.2 Å². The van der Waals surface area contributed by atoms with E-state index in [9.17, 15) is 4.79 Å². The van der Waals surface area contributed by atoms with Gasteiger partial charge in [0.1, 0.15) is 23.6 Å². The smallest absolute Gasteiger partial charge is 0.266 e. The van der Waals surface area contributed by atoms with Crippen molar-refractivity contribution >= 4 is 34.5 Å². The molecule has 0 aliphatic carbocycles. The minimum Gasteiger partial charge on any atom is -0.478 e. The van der Waals surface area contributed by atoms with Gasteiger partial charge >= 0.3 is 0 Å². The normalized spacial score (nSPS) is 16.9.